The first-order chi connectivity index (χ1) is 11.1. The highest BCUT2D eigenvalue weighted by molar-refractivity contribution is 5.87. The summed E-state index contributed by atoms with van der Waals surface area (Å²) >= 11 is 0. The summed E-state index contributed by atoms with van der Waals surface area (Å²) < 4.78 is 7.72. The number of carboxylic acid groups (broad SMARTS) is 1. The number of aromatic carboxylic acids is 1. The van der Waals surface area contributed by atoms with Gasteiger partial charge in [-0.1, -0.05) is 0 Å². The molecule has 2 aliphatic rings. The van der Waals surface area contributed by atoms with Crippen molar-refractivity contribution in [2.45, 2.75) is 45.2 Å². The van der Waals surface area contributed by atoms with E-state index in [2.05, 4.69) is 16.1 Å². The largest absolute Gasteiger partial charge is 0.476 e. The van der Waals surface area contributed by atoms with Gasteiger partial charge in [0.2, 0.25) is 0 Å². The van der Waals surface area contributed by atoms with E-state index in [0.717, 1.165) is 61.7 Å². The molecule has 23 heavy (non-hydrogen) atoms. The van der Waals surface area contributed by atoms with Gasteiger partial charge in [-0.05, 0) is 37.3 Å². The summed E-state index contributed by atoms with van der Waals surface area (Å²) in [4.78, 5) is 13.6. The van der Waals surface area contributed by atoms with Crippen LogP contribution in [-0.4, -0.2) is 32.3 Å². The summed E-state index contributed by atoms with van der Waals surface area (Å²) in [5.74, 6) is 1.26. The molecule has 122 valence electrons. The van der Waals surface area contributed by atoms with E-state index in [4.69, 9.17) is 4.42 Å². The summed E-state index contributed by atoms with van der Waals surface area (Å²) in [5.41, 5.74) is 3.47. The molecule has 0 saturated heterocycles. The standard InChI is InChI=1S/C17H21N3O3/c1-19-14-10-20(7-6-13(14)16(18-19)17(21)22)9-12-8-11-4-2-3-5-15(11)23-12/h8H,2-7,9-10H2,1H3,(H,21,22). The van der Waals surface area contributed by atoms with Crippen LogP contribution in [0.5, 0.6) is 0 Å². The first kappa shape index (κ1) is 14.5. The SMILES string of the molecule is Cn1nc(C(=O)O)c2c1CN(Cc1cc3c(o1)CCCC3)CC2. The normalized spacial score (nSPS) is 17.8. The van der Waals surface area contributed by atoms with Gasteiger partial charge in [0.15, 0.2) is 5.69 Å². The zero-order valence-corrected chi connectivity index (χ0v) is 13.3. The number of hydrogen-bond acceptors (Lipinski definition) is 4. The fourth-order valence-electron chi connectivity index (χ4n) is 3.78. The van der Waals surface area contributed by atoms with Crippen molar-refractivity contribution in [1.29, 1.82) is 0 Å². The quantitative estimate of drug-likeness (QED) is 0.939. The van der Waals surface area contributed by atoms with Crippen LogP contribution in [0.1, 0.15) is 51.7 Å². The summed E-state index contributed by atoms with van der Waals surface area (Å²) in [5, 5.41) is 13.4. The third-order valence-corrected chi connectivity index (χ3v) is 4.96. The van der Waals surface area contributed by atoms with Crippen molar-refractivity contribution in [2.75, 3.05) is 6.54 Å². The molecule has 6 heteroatoms. The molecule has 1 aliphatic carbocycles. The Morgan fingerprint density at radius 1 is 1.35 bits per heavy atom. The predicted octanol–water partition coefficient (Wildman–Crippen LogP) is 2.15. The molecule has 2 aromatic heterocycles. The monoisotopic (exact) mass is 315 g/mol. The second kappa shape index (κ2) is 5.53. The van der Waals surface area contributed by atoms with E-state index in [1.54, 1.807) is 4.68 Å². The maximum Gasteiger partial charge on any atom is 0.356 e. The molecule has 0 spiro atoms. The number of aromatic nitrogens is 2. The first-order valence-corrected chi connectivity index (χ1v) is 8.22. The van der Waals surface area contributed by atoms with E-state index in [-0.39, 0.29) is 5.69 Å². The molecule has 0 bridgehead atoms. The summed E-state index contributed by atoms with van der Waals surface area (Å²) in [6.07, 6.45) is 5.40. The van der Waals surface area contributed by atoms with Crippen LogP contribution in [0.3, 0.4) is 0 Å². The molecular formula is C17H21N3O3. The topological polar surface area (TPSA) is 71.5 Å². The Morgan fingerprint density at radius 2 is 2.17 bits per heavy atom. The Labute approximate surface area is 134 Å². The molecule has 1 aliphatic heterocycles. The molecule has 4 rings (SSSR count). The van der Waals surface area contributed by atoms with Crippen LogP contribution >= 0.6 is 0 Å². The van der Waals surface area contributed by atoms with E-state index >= 15 is 0 Å². The van der Waals surface area contributed by atoms with Crippen molar-refractivity contribution < 1.29 is 14.3 Å². The van der Waals surface area contributed by atoms with E-state index in [1.165, 1.54) is 18.4 Å². The number of aryl methyl sites for hydroxylation is 3. The maximum absolute atomic E-state index is 11.3. The van der Waals surface area contributed by atoms with Crippen LogP contribution in [-0.2, 0) is 39.4 Å². The maximum atomic E-state index is 11.3. The fourth-order valence-corrected chi connectivity index (χ4v) is 3.78. The van der Waals surface area contributed by atoms with E-state index in [9.17, 15) is 9.90 Å². The molecule has 0 amide bonds. The number of rotatable bonds is 3. The van der Waals surface area contributed by atoms with Crippen molar-refractivity contribution in [3.8, 4) is 0 Å². The summed E-state index contributed by atoms with van der Waals surface area (Å²) in [7, 11) is 1.82. The van der Waals surface area contributed by atoms with Gasteiger partial charge in [0.1, 0.15) is 11.5 Å². The minimum absolute atomic E-state index is 0.204. The Balaban J connectivity index is 1.52. The highest BCUT2D eigenvalue weighted by Gasteiger charge is 2.27. The average molecular weight is 315 g/mol. The van der Waals surface area contributed by atoms with Gasteiger partial charge in [0.05, 0.1) is 12.2 Å². The fraction of sp³-hybridized carbons (Fsp3) is 0.529. The smallest absolute Gasteiger partial charge is 0.356 e. The average Bonchev–Trinajstić information content (AvgIpc) is 3.08. The van der Waals surface area contributed by atoms with Gasteiger partial charge in [-0.15, -0.1) is 0 Å². The number of carbonyl (C=O) groups is 1. The lowest BCUT2D eigenvalue weighted by atomic mass is 9.99. The second-order valence-electron chi connectivity index (χ2n) is 6.53. The second-order valence-corrected chi connectivity index (χ2v) is 6.53. The van der Waals surface area contributed by atoms with Gasteiger partial charge in [-0.3, -0.25) is 9.58 Å². The lowest BCUT2D eigenvalue weighted by Crippen LogP contribution is -2.31. The first-order valence-electron chi connectivity index (χ1n) is 8.22. The van der Waals surface area contributed by atoms with Crippen molar-refractivity contribution in [1.82, 2.24) is 14.7 Å². The highest BCUT2D eigenvalue weighted by Crippen LogP contribution is 2.27. The molecule has 0 atom stereocenters. The Bertz CT molecular complexity index is 736. The minimum Gasteiger partial charge on any atom is -0.476 e. The van der Waals surface area contributed by atoms with Crippen LogP contribution in [0.25, 0.3) is 0 Å². The van der Waals surface area contributed by atoms with Crippen LogP contribution < -0.4 is 0 Å². The van der Waals surface area contributed by atoms with Gasteiger partial charge in [-0.25, -0.2) is 4.79 Å². The molecule has 0 saturated carbocycles. The molecule has 0 unspecified atom stereocenters. The van der Waals surface area contributed by atoms with E-state index in [1.807, 2.05) is 7.05 Å². The van der Waals surface area contributed by atoms with Crippen molar-refractivity contribution in [3.05, 3.63) is 40.1 Å². The number of carboxylic acids is 1. The minimum atomic E-state index is -0.936. The van der Waals surface area contributed by atoms with Crippen molar-refractivity contribution in [2.24, 2.45) is 7.05 Å². The lowest BCUT2D eigenvalue weighted by molar-refractivity contribution is 0.0688. The Kier molecular flexibility index (Phi) is 3.49. The summed E-state index contributed by atoms with van der Waals surface area (Å²) in [6.45, 7) is 2.34. The third kappa shape index (κ3) is 2.57. The van der Waals surface area contributed by atoms with Gasteiger partial charge in [0.25, 0.3) is 0 Å². The zero-order chi connectivity index (χ0) is 16.0. The predicted molar refractivity (Wildman–Crippen MR) is 83.3 cm³/mol. The third-order valence-electron chi connectivity index (χ3n) is 4.96. The number of hydrogen-bond donors (Lipinski definition) is 1. The molecule has 1 N–H and O–H groups in total. The molecule has 0 aromatic carbocycles. The molecule has 3 heterocycles. The van der Waals surface area contributed by atoms with Crippen molar-refractivity contribution >= 4 is 5.97 Å². The molecule has 6 nitrogen and oxygen atoms in total. The Morgan fingerprint density at radius 3 is 2.96 bits per heavy atom. The summed E-state index contributed by atoms with van der Waals surface area (Å²) in [6, 6.07) is 2.20. The van der Waals surface area contributed by atoms with E-state index in [0.29, 0.717) is 0 Å². The molecule has 2 aromatic rings. The van der Waals surface area contributed by atoms with Gasteiger partial charge < -0.3 is 9.52 Å². The molecular weight excluding hydrogens is 294 g/mol. The van der Waals surface area contributed by atoms with E-state index < -0.39 is 5.97 Å². The highest BCUT2D eigenvalue weighted by atomic mass is 16.4. The lowest BCUT2D eigenvalue weighted by Gasteiger charge is -2.26. The van der Waals surface area contributed by atoms with Gasteiger partial charge >= 0.3 is 5.97 Å². The van der Waals surface area contributed by atoms with Crippen LogP contribution in [0.4, 0.5) is 0 Å². The van der Waals surface area contributed by atoms with Crippen LogP contribution in [0.15, 0.2) is 10.5 Å². The van der Waals surface area contributed by atoms with Gasteiger partial charge in [-0.2, -0.15) is 5.10 Å². The van der Waals surface area contributed by atoms with Crippen molar-refractivity contribution in [3.63, 3.8) is 0 Å². The van der Waals surface area contributed by atoms with Crippen LogP contribution in [0.2, 0.25) is 0 Å². The van der Waals surface area contributed by atoms with Crippen LogP contribution in [0, 0.1) is 0 Å². The zero-order valence-electron chi connectivity index (χ0n) is 13.3. The molecule has 0 radical (unpaired) electrons. The molecule has 0 fully saturated rings. The number of nitrogens with zero attached hydrogens (tertiary/aromatic N) is 3. The van der Waals surface area contributed by atoms with Gasteiger partial charge in [0, 0.05) is 32.1 Å². The number of fused-ring (bicyclic) bond motifs is 2. The Hall–Kier alpha value is -2.08. The number of furan rings is 1.